The average Bonchev–Trinajstić information content (AvgIpc) is 3.18. The van der Waals surface area contributed by atoms with Crippen LogP contribution in [0.25, 0.3) is 11.0 Å². The third-order valence-corrected chi connectivity index (χ3v) is 7.43. The van der Waals surface area contributed by atoms with Crippen LogP contribution in [0, 0.1) is 5.92 Å². The van der Waals surface area contributed by atoms with E-state index in [1.807, 2.05) is 7.05 Å². The Morgan fingerprint density at radius 1 is 1.05 bits per heavy atom. The van der Waals surface area contributed by atoms with Gasteiger partial charge >= 0.3 is 17.8 Å². The number of piperazine rings is 1. The van der Waals surface area contributed by atoms with Crippen molar-refractivity contribution in [1.29, 1.82) is 0 Å². The third kappa shape index (κ3) is 5.28. The SMILES string of the molecule is CCOC(=O)N1CCN(C(=O)c2ccc3c(c2)n(CCN)c(=O)n3C(=O)N2CN(C)CC[C@H]2C(C)C)CC1. The maximum Gasteiger partial charge on any atom is 0.409 e. The van der Waals surface area contributed by atoms with E-state index in [9.17, 15) is 19.2 Å². The van der Waals surface area contributed by atoms with Gasteiger partial charge in [-0.05, 0) is 44.5 Å². The van der Waals surface area contributed by atoms with E-state index in [1.54, 1.807) is 39.8 Å². The van der Waals surface area contributed by atoms with Crippen molar-refractivity contribution in [2.75, 3.05) is 59.6 Å². The van der Waals surface area contributed by atoms with Crippen LogP contribution in [0.3, 0.4) is 0 Å². The molecule has 1 aromatic carbocycles. The molecule has 0 saturated carbocycles. The van der Waals surface area contributed by atoms with Gasteiger partial charge in [-0.2, -0.15) is 0 Å². The van der Waals surface area contributed by atoms with Crippen LogP contribution in [-0.2, 0) is 11.3 Å². The van der Waals surface area contributed by atoms with Crippen molar-refractivity contribution in [1.82, 2.24) is 28.7 Å². The average molecular weight is 530 g/mol. The van der Waals surface area contributed by atoms with E-state index >= 15 is 0 Å². The van der Waals surface area contributed by atoms with Gasteiger partial charge in [-0.15, -0.1) is 0 Å². The van der Waals surface area contributed by atoms with Crippen molar-refractivity contribution in [2.45, 2.75) is 39.8 Å². The fourth-order valence-corrected chi connectivity index (χ4v) is 5.38. The number of rotatable bonds is 5. The number of fused-ring (bicyclic) bond motifs is 1. The van der Waals surface area contributed by atoms with Crippen molar-refractivity contribution < 1.29 is 19.1 Å². The third-order valence-electron chi connectivity index (χ3n) is 7.43. The lowest BCUT2D eigenvalue weighted by atomic mass is 9.98. The number of nitrogens with zero attached hydrogens (tertiary/aromatic N) is 6. The second-order valence-electron chi connectivity index (χ2n) is 10.3. The predicted octanol–water partition coefficient (Wildman–Crippen LogP) is 1.26. The van der Waals surface area contributed by atoms with Crippen LogP contribution in [0.5, 0.6) is 0 Å². The summed E-state index contributed by atoms with van der Waals surface area (Å²) in [5, 5.41) is 0. The number of hydrogen-bond acceptors (Lipinski definition) is 7. The summed E-state index contributed by atoms with van der Waals surface area (Å²) in [5.74, 6) is 0.0491. The lowest BCUT2D eigenvalue weighted by Gasteiger charge is -2.41. The standard InChI is InChI=1S/C26H39N7O5/c1-5-38-26(37)30-14-12-29(13-15-30)23(34)19-6-7-21-22(16-19)31(11-9-27)24(35)33(21)25(36)32-17-28(4)10-8-20(32)18(2)3/h6-7,16,18,20H,5,8-15,17,27H2,1-4H3/t20-/m0/s1. The molecule has 4 rings (SSSR count). The highest BCUT2D eigenvalue weighted by Gasteiger charge is 2.34. The molecule has 12 nitrogen and oxygen atoms in total. The minimum atomic E-state index is -0.459. The Bertz CT molecular complexity index is 1240. The van der Waals surface area contributed by atoms with Crippen LogP contribution < -0.4 is 11.4 Å². The van der Waals surface area contributed by atoms with Gasteiger partial charge in [0.15, 0.2) is 0 Å². The van der Waals surface area contributed by atoms with E-state index in [2.05, 4.69) is 18.7 Å². The van der Waals surface area contributed by atoms with E-state index in [0.717, 1.165) is 13.0 Å². The quantitative estimate of drug-likeness (QED) is 0.618. The summed E-state index contributed by atoms with van der Waals surface area (Å²) in [4.78, 5) is 59.8. The maximum absolute atomic E-state index is 13.8. The number of carbonyl (C=O) groups excluding carboxylic acids is 3. The Morgan fingerprint density at radius 3 is 2.37 bits per heavy atom. The Hall–Kier alpha value is -3.38. The number of carbonyl (C=O) groups is 3. The summed E-state index contributed by atoms with van der Waals surface area (Å²) in [5.41, 5.74) is 6.71. The molecule has 2 aliphatic rings. The minimum Gasteiger partial charge on any atom is -0.450 e. The number of aromatic nitrogens is 2. The summed E-state index contributed by atoms with van der Waals surface area (Å²) in [6, 6.07) is 4.64. The zero-order valence-corrected chi connectivity index (χ0v) is 22.8. The molecule has 3 amide bonds. The van der Waals surface area contributed by atoms with E-state index in [1.165, 1.54) is 9.13 Å². The molecule has 38 heavy (non-hydrogen) atoms. The van der Waals surface area contributed by atoms with Gasteiger partial charge in [-0.25, -0.2) is 19.0 Å². The highest BCUT2D eigenvalue weighted by Crippen LogP contribution is 2.23. The molecule has 3 heterocycles. The van der Waals surface area contributed by atoms with E-state index < -0.39 is 5.69 Å². The number of nitrogens with two attached hydrogens (primary N) is 1. The molecule has 1 atom stereocenters. The molecule has 0 bridgehead atoms. The first-order valence-corrected chi connectivity index (χ1v) is 13.3. The van der Waals surface area contributed by atoms with E-state index in [0.29, 0.717) is 56.1 Å². The van der Waals surface area contributed by atoms with Gasteiger partial charge in [-0.3, -0.25) is 14.3 Å². The molecular weight excluding hydrogens is 490 g/mol. The maximum atomic E-state index is 13.8. The topological polar surface area (TPSA) is 126 Å². The molecule has 0 unspecified atom stereocenters. The van der Waals surface area contributed by atoms with Crippen molar-refractivity contribution >= 4 is 29.1 Å². The summed E-state index contributed by atoms with van der Waals surface area (Å²) >= 11 is 0. The first-order valence-electron chi connectivity index (χ1n) is 13.3. The van der Waals surface area contributed by atoms with Gasteiger partial charge in [0.05, 0.1) is 24.3 Å². The normalized spacial score (nSPS) is 18.9. The molecular formula is C26H39N7O5. The van der Waals surface area contributed by atoms with Crippen molar-refractivity contribution in [3.05, 3.63) is 34.2 Å². The Labute approximate surface area is 222 Å². The molecule has 0 radical (unpaired) electrons. The Morgan fingerprint density at radius 2 is 1.74 bits per heavy atom. The molecule has 0 aliphatic carbocycles. The fourth-order valence-electron chi connectivity index (χ4n) is 5.38. The molecule has 2 aliphatic heterocycles. The molecule has 0 spiro atoms. The number of benzene rings is 1. The number of imidazole rings is 1. The second-order valence-corrected chi connectivity index (χ2v) is 10.3. The van der Waals surface area contributed by atoms with Gasteiger partial charge in [0.25, 0.3) is 5.91 Å². The largest absolute Gasteiger partial charge is 0.450 e. The molecule has 2 aromatic rings. The van der Waals surface area contributed by atoms with Crippen molar-refractivity contribution in [2.24, 2.45) is 11.7 Å². The highest BCUT2D eigenvalue weighted by atomic mass is 16.6. The van der Waals surface area contributed by atoms with Gasteiger partial charge in [0.2, 0.25) is 0 Å². The van der Waals surface area contributed by atoms with E-state index in [-0.39, 0.29) is 43.1 Å². The molecule has 12 heteroatoms. The minimum absolute atomic E-state index is 0.0210. The van der Waals surface area contributed by atoms with Gasteiger partial charge in [-0.1, -0.05) is 13.8 Å². The molecule has 2 saturated heterocycles. The van der Waals surface area contributed by atoms with Crippen LogP contribution in [0.15, 0.2) is 23.0 Å². The first kappa shape index (κ1) is 27.6. The number of amides is 3. The molecule has 2 fully saturated rings. The smallest absolute Gasteiger partial charge is 0.409 e. The first-order chi connectivity index (χ1) is 18.2. The van der Waals surface area contributed by atoms with Crippen LogP contribution in [0.2, 0.25) is 0 Å². The highest BCUT2D eigenvalue weighted by molar-refractivity contribution is 5.99. The zero-order chi connectivity index (χ0) is 27.6. The van der Waals surface area contributed by atoms with Crippen LogP contribution >= 0.6 is 0 Å². The lowest BCUT2D eigenvalue weighted by Crippen LogP contribution is -2.56. The molecule has 2 N–H and O–H groups in total. The summed E-state index contributed by atoms with van der Waals surface area (Å²) in [6.07, 6.45) is 0.454. The summed E-state index contributed by atoms with van der Waals surface area (Å²) in [6.45, 7) is 9.51. The van der Waals surface area contributed by atoms with Crippen LogP contribution in [0.4, 0.5) is 9.59 Å². The van der Waals surface area contributed by atoms with Gasteiger partial charge in [0.1, 0.15) is 0 Å². The van der Waals surface area contributed by atoms with E-state index in [4.69, 9.17) is 10.5 Å². The number of ether oxygens (including phenoxy) is 1. The molecule has 208 valence electrons. The predicted molar refractivity (Wildman–Crippen MR) is 143 cm³/mol. The monoisotopic (exact) mass is 529 g/mol. The van der Waals surface area contributed by atoms with Crippen LogP contribution in [0.1, 0.15) is 37.6 Å². The summed E-state index contributed by atoms with van der Waals surface area (Å²) < 4.78 is 7.74. The molecule has 1 aromatic heterocycles. The number of hydrogen-bond donors (Lipinski definition) is 1. The Balaban J connectivity index is 1.64. The van der Waals surface area contributed by atoms with Crippen molar-refractivity contribution in [3.63, 3.8) is 0 Å². The second kappa shape index (κ2) is 11.6. The van der Waals surface area contributed by atoms with Crippen LogP contribution in [-0.4, -0.2) is 112 Å². The zero-order valence-electron chi connectivity index (χ0n) is 22.8. The van der Waals surface area contributed by atoms with Gasteiger partial charge in [0, 0.05) is 57.4 Å². The Kier molecular flexibility index (Phi) is 8.41. The fraction of sp³-hybridized carbons (Fsp3) is 0.615. The summed E-state index contributed by atoms with van der Waals surface area (Å²) in [7, 11) is 1.96. The van der Waals surface area contributed by atoms with Crippen molar-refractivity contribution in [3.8, 4) is 0 Å². The van der Waals surface area contributed by atoms with Gasteiger partial charge < -0.3 is 25.2 Å². The lowest BCUT2D eigenvalue weighted by molar-refractivity contribution is 0.0570.